The van der Waals surface area contributed by atoms with Crippen molar-refractivity contribution in [2.75, 3.05) is 32.8 Å². The molecule has 1 saturated heterocycles. The highest BCUT2D eigenvalue weighted by atomic mass is 32.1. The van der Waals surface area contributed by atoms with Gasteiger partial charge in [-0.15, -0.1) is 11.3 Å². The van der Waals surface area contributed by atoms with Gasteiger partial charge in [-0.25, -0.2) is 0 Å². The van der Waals surface area contributed by atoms with Crippen LogP contribution in [0.25, 0.3) is 0 Å². The first kappa shape index (κ1) is 15.5. The van der Waals surface area contributed by atoms with E-state index in [-0.39, 0.29) is 0 Å². The smallest absolute Gasteiger partial charge is 0.0594 e. The monoisotopic (exact) mass is 308 g/mol. The molecule has 1 aromatic heterocycles. The van der Waals surface area contributed by atoms with Gasteiger partial charge in [-0.1, -0.05) is 19.8 Å². The number of hydrogen-bond donors (Lipinski definition) is 1. The number of nitrogens with one attached hydrogen (secondary N) is 1. The summed E-state index contributed by atoms with van der Waals surface area (Å²) in [5.74, 6) is 0. The van der Waals surface area contributed by atoms with Crippen LogP contribution in [0.5, 0.6) is 0 Å². The Balaban J connectivity index is 1.94. The normalized spacial score (nSPS) is 24.3. The van der Waals surface area contributed by atoms with Gasteiger partial charge >= 0.3 is 0 Å². The van der Waals surface area contributed by atoms with Gasteiger partial charge < -0.3 is 10.1 Å². The van der Waals surface area contributed by atoms with Crippen LogP contribution in [0, 0.1) is 6.92 Å². The Hall–Kier alpha value is -0.420. The lowest BCUT2D eigenvalue weighted by Gasteiger charge is -2.48. The van der Waals surface area contributed by atoms with Gasteiger partial charge in [-0.05, 0) is 43.3 Å². The molecule has 1 atom stereocenters. The fourth-order valence-corrected chi connectivity index (χ4v) is 5.01. The van der Waals surface area contributed by atoms with Crippen LogP contribution in [0.1, 0.15) is 49.1 Å². The fourth-order valence-electron chi connectivity index (χ4n) is 4.27. The quantitative estimate of drug-likeness (QED) is 0.903. The highest BCUT2D eigenvalue weighted by Crippen LogP contribution is 2.46. The van der Waals surface area contributed by atoms with Crippen LogP contribution in [0.2, 0.25) is 0 Å². The number of ether oxygens (including phenoxy) is 1. The summed E-state index contributed by atoms with van der Waals surface area (Å²) >= 11 is 1.88. The zero-order chi connectivity index (χ0) is 14.7. The lowest BCUT2D eigenvalue weighted by atomic mass is 9.81. The Morgan fingerprint density at radius 3 is 2.62 bits per heavy atom. The molecule has 118 valence electrons. The fraction of sp³-hybridized carbons (Fsp3) is 0.765. The minimum absolute atomic E-state index is 0.297. The molecular weight excluding hydrogens is 280 g/mol. The number of aryl methyl sites for hydroxylation is 1. The second kappa shape index (κ2) is 6.78. The SMILES string of the molecule is CCNC(c1ccsc1C)C1(N2CCOCC2)CCCC1. The molecule has 1 N–H and O–H groups in total. The van der Waals surface area contributed by atoms with Crippen molar-refractivity contribution in [3.8, 4) is 0 Å². The zero-order valence-corrected chi connectivity index (χ0v) is 14.2. The first-order chi connectivity index (χ1) is 10.3. The average molecular weight is 308 g/mol. The van der Waals surface area contributed by atoms with Crippen molar-refractivity contribution in [3.05, 3.63) is 21.9 Å². The van der Waals surface area contributed by atoms with E-state index in [2.05, 4.69) is 35.5 Å². The number of nitrogens with zero attached hydrogens (tertiary/aromatic N) is 1. The molecule has 1 unspecified atom stereocenters. The maximum absolute atomic E-state index is 5.60. The molecular formula is C17H28N2OS. The number of rotatable bonds is 5. The summed E-state index contributed by atoms with van der Waals surface area (Å²) in [5, 5.41) is 6.08. The second-order valence-corrected chi connectivity index (χ2v) is 7.45. The highest BCUT2D eigenvalue weighted by molar-refractivity contribution is 7.10. The van der Waals surface area contributed by atoms with Crippen molar-refractivity contribution in [2.45, 2.75) is 51.1 Å². The van der Waals surface area contributed by atoms with Gasteiger partial charge in [0.2, 0.25) is 0 Å². The van der Waals surface area contributed by atoms with E-state index in [4.69, 9.17) is 4.74 Å². The third kappa shape index (κ3) is 2.91. The third-order valence-electron chi connectivity index (χ3n) is 5.27. The van der Waals surface area contributed by atoms with Gasteiger partial charge in [0.25, 0.3) is 0 Å². The van der Waals surface area contributed by atoms with Crippen molar-refractivity contribution >= 4 is 11.3 Å². The van der Waals surface area contributed by atoms with Crippen LogP contribution in [-0.2, 0) is 4.74 Å². The minimum atomic E-state index is 0.297. The highest BCUT2D eigenvalue weighted by Gasteiger charge is 2.47. The molecule has 1 aliphatic carbocycles. The Morgan fingerprint density at radius 1 is 1.33 bits per heavy atom. The van der Waals surface area contributed by atoms with Gasteiger partial charge in [-0.3, -0.25) is 4.90 Å². The predicted molar refractivity (Wildman–Crippen MR) is 89.1 cm³/mol. The molecule has 0 amide bonds. The van der Waals surface area contributed by atoms with E-state index in [9.17, 15) is 0 Å². The summed E-state index contributed by atoms with van der Waals surface area (Å²) in [6.07, 6.45) is 5.37. The molecule has 0 aromatic carbocycles. The van der Waals surface area contributed by atoms with Gasteiger partial charge in [0.1, 0.15) is 0 Å². The summed E-state index contributed by atoms with van der Waals surface area (Å²) in [5.41, 5.74) is 1.82. The first-order valence-electron chi connectivity index (χ1n) is 8.38. The Labute approximate surface area is 132 Å². The molecule has 1 aliphatic heterocycles. The number of likely N-dealkylation sites (N-methyl/N-ethyl adjacent to an activating group) is 1. The van der Waals surface area contributed by atoms with E-state index in [0.717, 1.165) is 32.8 Å². The van der Waals surface area contributed by atoms with Crippen molar-refractivity contribution < 1.29 is 4.74 Å². The van der Waals surface area contributed by atoms with Crippen LogP contribution in [0.3, 0.4) is 0 Å². The van der Waals surface area contributed by atoms with E-state index in [1.54, 1.807) is 0 Å². The van der Waals surface area contributed by atoms with E-state index in [1.807, 2.05) is 11.3 Å². The molecule has 3 rings (SSSR count). The van der Waals surface area contributed by atoms with E-state index in [1.165, 1.54) is 36.1 Å². The molecule has 1 saturated carbocycles. The van der Waals surface area contributed by atoms with Crippen molar-refractivity contribution in [1.29, 1.82) is 0 Å². The third-order valence-corrected chi connectivity index (χ3v) is 6.13. The summed E-state index contributed by atoms with van der Waals surface area (Å²) in [6.45, 7) is 9.50. The lowest BCUT2D eigenvalue weighted by molar-refractivity contribution is -0.0362. The number of morpholine rings is 1. The molecule has 0 bridgehead atoms. The lowest BCUT2D eigenvalue weighted by Crippen LogP contribution is -2.58. The number of hydrogen-bond acceptors (Lipinski definition) is 4. The Kier molecular flexibility index (Phi) is 4.99. The molecule has 3 nitrogen and oxygen atoms in total. The maximum Gasteiger partial charge on any atom is 0.0594 e. The molecule has 21 heavy (non-hydrogen) atoms. The average Bonchev–Trinajstić information content (AvgIpc) is 3.16. The van der Waals surface area contributed by atoms with Gasteiger partial charge in [0.05, 0.1) is 19.3 Å². The van der Waals surface area contributed by atoms with Gasteiger partial charge in [0.15, 0.2) is 0 Å². The zero-order valence-electron chi connectivity index (χ0n) is 13.4. The summed E-state index contributed by atoms with van der Waals surface area (Å²) < 4.78 is 5.60. The molecule has 0 radical (unpaired) electrons. The molecule has 2 heterocycles. The molecule has 0 spiro atoms. The van der Waals surface area contributed by atoms with E-state index >= 15 is 0 Å². The standard InChI is InChI=1S/C17H28N2OS/c1-3-18-16(15-6-13-21-14(15)2)17(7-4-5-8-17)19-9-11-20-12-10-19/h6,13,16,18H,3-5,7-12H2,1-2H3. The van der Waals surface area contributed by atoms with Crippen LogP contribution in [-0.4, -0.2) is 43.3 Å². The second-order valence-electron chi connectivity index (χ2n) is 6.33. The summed E-state index contributed by atoms with van der Waals surface area (Å²) in [6, 6.07) is 2.81. The van der Waals surface area contributed by atoms with Crippen LogP contribution in [0.15, 0.2) is 11.4 Å². The predicted octanol–water partition coefficient (Wildman–Crippen LogP) is 3.35. The first-order valence-corrected chi connectivity index (χ1v) is 9.26. The van der Waals surface area contributed by atoms with Crippen LogP contribution >= 0.6 is 11.3 Å². The van der Waals surface area contributed by atoms with Crippen molar-refractivity contribution in [3.63, 3.8) is 0 Å². The Morgan fingerprint density at radius 2 is 2.05 bits per heavy atom. The summed E-state index contributed by atoms with van der Waals surface area (Å²) in [7, 11) is 0. The number of thiophene rings is 1. The molecule has 2 aliphatic rings. The topological polar surface area (TPSA) is 24.5 Å². The van der Waals surface area contributed by atoms with Crippen LogP contribution < -0.4 is 5.32 Å². The molecule has 1 aromatic rings. The largest absolute Gasteiger partial charge is 0.379 e. The maximum atomic E-state index is 5.60. The van der Waals surface area contributed by atoms with E-state index < -0.39 is 0 Å². The summed E-state index contributed by atoms with van der Waals surface area (Å²) in [4.78, 5) is 4.20. The molecule has 4 heteroatoms. The van der Waals surface area contributed by atoms with Crippen LogP contribution in [0.4, 0.5) is 0 Å². The van der Waals surface area contributed by atoms with E-state index in [0.29, 0.717) is 11.6 Å². The molecule has 2 fully saturated rings. The Bertz CT molecular complexity index is 447. The van der Waals surface area contributed by atoms with Crippen molar-refractivity contribution in [2.24, 2.45) is 0 Å². The minimum Gasteiger partial charge on any atom is -0.379 e. The van der Waals surface area contributed by atoms with Crippen molar-refractivity contribution in [1.82, 2.24) is 10.2 Å². The van der Waals surface area contributed by atoms with Gasteiger partial charge in [-0.2, -0.15) is 0 Å². The van der Waals surface area contributed by atoms with Gasteiger partial charge in [0, 0.05) is 23.5 Å².